The lowest BCUT2D eigenvalue weighted by molar-refractivity contribution is 0.176. The summed E-state index contributed by atoms with van der Waals surface area (Å²) < 4.78 is 2.12. The van der Waals surface area contributed by atoms with Gasteiger partial charge in [0.05, 0.1) is 16.6 Å². The van der Waals surface area contributed by atoms with Crippen LogP contribution in [0.1, 0.15) is 0 Å². The van der Waals surface area contributed by atoms with E-state index in [0.717, 1.165) is 11.3 Å². The van der Waals surface area contributed by atoms with Gasteiger partial charge in [0.25, 0.3) is 5.56 Å². The van der Waals surface area contributed by atoms with Gasteiger partial charge >= 0.3 is 0 Å². The van der Waals surface area contributed by atoms with Gasteiger partial charge in [-0.1, -0.05) is 0 Å². The first-order valence-electron chi connectivity index (χ1n) is 6.24. The van der Waals surface area contributed by atoms with Gasteiger partial charge in [0, 0.05) is 36.4 Å². The zero-order valence-electron chi connectivity index (χ0n) is 10.7. The van der Waals surface area contributed by atoms with Crippen LogP contribution in [0.3, 0.4) is 0 Å². The lowest BCUT2D eigenvalue weighted by Crippen LogP contribution is -2.17. The number of hydrogen-bond acceptors (Lipinski definition) is 5. The van der Waals surface area contributed by atoms with Gasteiger partial charge in [-0.2, -0.15) is 9.83 Å². The van der Waals surface area contributed by atoms with E-state index >= 15 is 0 Å². The predicted molar refractivity (Wildman–Crippen MR) is 75.2 cm³/mol. The average Bonchev–Trinajstić information content (AvgIpc) is 2.96. The van der Waals surface area contributed by atoms with Crippen LogP contribution in [0.2, 0.25) is 0 Å². The maximum absolute atomic E-state index is 11.9. The molecule has 4 rings (SSSR count). The molecule has 0 fully saturated rings. The van der Waals surface area contributed by atoms with Crippen molar-refractivity contribution in [2.45, 2.75) is 0 Å². The van der Waals surface area contributed by atoms with E-state index in [2.05, 4.69) is 15.1 Å². The predicted octanol–water partition coefficient (Wildman–Crippen LogP) is 1.34. The molecule has 1 N–H and O–H groups in total. The first-order chi connectivity index (χ1) is 10.2. The standard InChI is InChI=1S/C14H9N5O2/c20-14-10-8-16-13-7-11(9-1-4-15-5-2-9)17-19(13)12(10)3-6-18(14)21/h1-8,21H. The third-order valence-corrected chi connectivity index (χ3v) is 3.31. The summed E-state index contributed by atoms with van der Waals surface area (Å²) in [7, 11) is 0. The van der Waals surface area contributed by atoms with E-state index < -0.39 is 5.56 Å². The number of nitrogens with zero attached hydrogens (tertiary/aromatic N) is 5. The van der Waals surface area contributed by atoms with Crippen molar-refractivity contribution in [1.29, 1.82) is 0 Å². The fourth-order valence-corrected chi connectivity index (χ4v) is 2.27. The molecular formula is C14H9N5O2. The van der Waals surface area contributed by atoms with Crippen LogP contribution in [0.15, 0.2) is 53.8 Å². The summed E-state index contributed by atoms with van der Waals surface area (Å²) in [5, 5.41) is 14.2. The zero-order valence-corrected chi connectivity index (χ0v) is 10.7. The van der Waals surface area contributed by atoms with Crippen molar-refractivity contribution >= 4 is 16.6 Å². The fraction of sp³-hybridized carbons (Fsp3) is 0. The van der Waals surface area contributed by atoms with Gasteiger partial charge in [-0.15, -0.1) is 0 Å². The smallest absolute Gasteiger partial charge is 0.293 e. The molecule has 4 aromatic rings. The van der Waals surface area contributed by atoms with Gasteiger partial charge in [-0.05, 0) is 18.2 Å². The van der Waals surface area contributed by atoms with Gasteiger partial charge in [0.15, 0.2) is 5.65 Å². The topological polar surface area (TPSA) is 85.3 Å². The van der Waals surface area contributed by atoms with Crippen molar-refractivity contribution in [3.05, 3.63) is 59.4 Å². The molecule has 0 bridgehead atoms. The molecular weight excluding hydrogens is 270 g/mol. The van der Waals surface area contributed by atoms with Crippen LogP contribution >= 0.6 is 0 Å². The molecule has 21 heavy (non-hydrogen) atoms. The molecule has 4 aromatic heterocycles. The molecule has 0 aromatic carbocycles. The van der Waals surface area contributed by atoms with E-state index in [4.69, 9.17) is 0 Å². The Morgan fingerprint density at radius 3 is 2.76 bits per heavy atom. The Balaban J connectivity index is 2.06. The van der Waals surface area contributed by atoms with Gasteiger partial charge in [0.1, 0.15) is 0 Å². The highest BCUT2D eigenvalue weighted by atomic mass is 16.5. The van der Waals surface area contributed by atoms with Crippen LogP contribution in [0.5, 0.6) is 0 Å². The maximum atomic E-state index is 11.9. The van der Waals surface area contributed by atoms with E-state index in [1.807, 2.05) is 18.2 Å². The Kier molecular flexibility index (Phi) is 2.28. The molecule has 0 saturated carbocycles. The molecule has 0 aliphatic heterocycles. The highest BCUT2D eigenvalue weighted by Gasteiger charge is 2.10. The van der Waals surface area contributed by atoms with E-state index in [9.17, 15) is 10.0 Å². The lowest BCUT2D eigenvalue weighted by atomic mass is 10.2. The number of rotatable bonds is 1. The fourth-order valence-electron chi connectivity index (χ4n) is 2.27. The van der Waals surface area contributed by atoms with E-state index in [1.54, 1.807) is 23.0 Å². The summed E-state index contributed by atoms with van der Waals surface area (Å²) in [5.41, 5.74) is 2.35. The van der Waals surface area contributed by atoms with Crippen molar-refractivity contribution in [1.82, 2.24) is 24.3 Å². The molecule has 0 atom stereocenters. The average molecular weight is 279 g/mol. The van der Waals surface area contributed by atoms with Crippen molar-refractivity contribution < 1.29 is 5.21 Å². The van der Waals surface area contributed by atoms with Crippen LogP contribution in [-0.2, 0) is 0 Å². The number of aromatic nitrogens is 5. The molecule has 102 valence electrons. The number of hydrogen-bond donors (Lipinski definition) is 1. The second-order valence-corrected chi connectivity index (χ2v) is 4.56. The Labute approximate surface area is 117 Å². The Morgan fingerprint density at radius 1 is 1.14 bits per heavy atom. The van der Waals surface area contributed by atoms with Crippen LogP contribution in [0.25, 0.3) is 27.8 Å². The molecule has 4 heterocycles. The van der Waals surface area contributed by atoms with Gasteiger partial charge < -0.3 is 5.21 Å². The van der Waals surface area contributed by atoms with Crippen LogP contribution in [-0.4, -0.2) is 29.5 Å². The molecule has 0 radical (unpaired) electrons. The Morgan fingerprint density at radius 2 is 1.95 bits per heavy atom. The molecule has 7 nitrogen and oxygen atoms in total. The number of pyridine rings is 2. The zero-order chi connectivity index (χ0) is 14.4. The third-order valence-electron chi connectivity index (χ3n) is 3.31. The molecule has 0 unspecified atom stereocenters. The number of fused-ring (bicyclic) bond motifs is 3. The minimum absolute atomic E-state index is 0.303. The first-order valence-corrected chi connectivity index (χ1v) is 6.24. The molecule has 0 aliphatic carbocycles. The normalized spacial score (nSPS) is 11.2. The van der Waals surface area contributed by atoms with Gasteiger partial charge in [-0.25, -0.2) is 9.50 Å². The summed E-state index contributed by atoms with van der Waals surface area (Å²) in [6.07, 6.45) is 6.11. The summed E-state index contributed by atoms with van der Waals surface area (Å²) in [6, 6.07) is 7.16. The van der Waals surface area contributed by atoms with Crippen molar-refractivity contribution in [2.75, 3.05) is 0 Å². The summed E-state index contributed by atoms with van der Waals surface area (Å²) in [4.78, 5) is 20.1. The minimum Gasteiger partial charge on any atom is -0.425 e. The third kappa shape index (κ3) is 1.68. The summed E-state index contributed by atoms with van der Waals surface area (Å²) in [6.45, 7) is 0. The van der Waals surface area contributed by atoms with E-state index in [-0.39, 0.29) is 0 Å². The van der Waals surface area contributed by atoms with Crippen LogP contribution in [0.4, 0.5) is 0 Å². The monoisotopic (exact) mass is 279 g/mol. The van der Waals surface area contributed by atoms with Crippen molar-refractivity contribution in [3.63, 3.8) is 0 Å². The summed E-state index contributed by atoms with van der Waals surface area (Å²) >= 11 is 0. The van der Waals surface area contributed by atoms with Crippen molar-refractivity contribution in [2.24, 2.45) is 0 Å². The summed E-state index contributed by atoms with van der Waals surface area (Å²) in [5.74, 6) is 0. The van der Waals surface area contributed by atoms with Crippen LogP contribution in [0, 0.1) is 0 Å². The lowest BCUT2D eigenvalue weighted by Gasteiger charge is -2.01. The minimum atomic E-state index is -0.525. The molecule has 0 spiro atoms. The van der Waals surface area contributed by atoms with E-state index in [0.29, 0.717) is 21.3 Å². The van der Waals surface area contributed by atoms with Gasteiger partial charge in [0.2, 0.25) is 0 Å². The van der Waals surface area contributed by atoms with Gasteiger partial charge in [-0.3, -0.25) is 9.78 Å². The Hall–Kier alpha value is -3.22. The highest BCUT2D eigenvalue weighted by Crippen LogP contribution is 2.20. The largest absolute Gasteiger partial charge is 0.425 e. The molecule has 0 amide bonds. The first kappa shape index (κ1) is 11.6. The SMILES string of the molecule is O=c1c2cnc3cc(-c4ccncc4)nn3c2ccn1O. The Bertz CT molecular complexity index is 1020. The molecule has 0 saturated heterocycles. The molecule has 0 aliphatic rings. The second kappa shape index (κ2) is 4.14. The van der Waals surface area contributed by atoms with Crippen molar-refractivity contribution in [3.8, 4) is 11.3 Å². The van der Waals surface area contributed by atoms with Crippen LogP contribution < -0.4 is 5.56 Å². The van der Waals surface area contributed by atoms with E-state index in [1.165, 1.54) is 12.4 Å². The highest BCUT2D eigenvalue weighted by molar-refractivity contribution is 5.80. The second-order valence-electron chi connectivity index (χ2n) is 4.56. The maximum Gasteiger partial charge on any atom is 0.293 e. The molecule has 7 heteroatoms. The quantitative estimate of drug-likeness (QED) is 0.531.